The van der Waals surface area contributed by atoms with Gasteiger partial charge in [-0.1, -0.05) is 32.3 Å². The summed E-state index contributed by atoms with van der Waals surface area (Å²) in [7, 11) is 0. The second-order valence-electron chi connectivity index (χ2n) is 6.22. The van der Waals surface area contributed by atoms with Gasteiger partial charge in [-0.25, -0.2) is 0 Å². The van der Waals surface area contributed by atoms with Gasteiger partial charge >= 0.3 is 0 Å². The molecule has 0 aliphatic heterocycles. The molecule has 0 aromatic carbocycles. The molecular weight excluding hydrogens is 238 g/mol. The topological polar surface area (TPSA) is 12.0 Å². The van der Waals surface area contributed by atoms with Crippen molar-refractivity contribution >= 4 is 11.3 Å². The lowest BCUT2D eigenvalue weighted by Gasteiger charge is -2.28. The predicted octanol–water partition coefficient (Wildman–Crippen LogP) is 4.76. The third-order valence-corrected chi connectivity index (χ3v) is 5.65. The molecule has 0 saturated heterocycles. The fourth-order valence-corrected chi connectivity index (χ4v) is 4.20. The third kappa shape index (κ3) is 2.97. The van der Waals surface area contributed by atoms with Crippen LogP contribution in [0.15, 0.2) is 17.5 Å². The monoisotopic (exact) mass is 263 g/mol. The van der Waals surface area contributed by atoms with Crippen LogP contribution in [0.3, 0.4) is 0 Å². The highest BCUT2D eigenvalue weighted by atomic mass is 32.1. The van der Waals surface area contributed by atoms with Crippen molar-refractivity contribution in [2.45, 2.75) is 64.0 Å². The Balaban J connectivity index is 1.68. The maximum absolute atomic E-state index is 4.02. The van der Waals surface area contributed by atoms with Crippen molar-refractivity contribution in [3.8, 4) is 0 Å². The molecule has 1 heterocycles. The fraction of sp³-hybridized carbons (Fsp3) is 0.750. The van der Waals surface area contributed by atoms with E-state index in [4.69, 9.17) is 0 Å². The van der Waals surface area contributed by atoms with Gasteiger partial charge in [-0.3, -0.25) is 0 Å². The van der Waals surface area contributed by atoms with E-state index in [0.717, 1.165) is 17.9 Å². The van der Waals surface area contributed by atoms with E-state index >= 15 is 0 Å². The molecule has 1 aromatic rings. The van der Waals surface area contributed by atoms with Crippen LogP contribution in [-0.4, -0.2) is 6.04 Å². The summed E-state index contributed by atoms with van der Waals surface area (Å²) in [5, 5.41) is 6.25. The molecule has 0 amide bonds. The van der Waals surface area contributed by atoms with Gasteiger partial charge < -0.3 is 5.32 Å². The Morgan fingerprint density at radius 1 is 1.17 bits per heavy atom. The lowest BCUT2D eigenvalue weighted by molar-refractivity contribution is 0.309. The molecule has 0 radical (unpaired) electrons. The van der Waals surface area contributed by atoms with E-state index in [2.05, 4.69) is 29.8 Å². The normalized spacial score (nSPS) is 30.9. The zero-order valence-electron chi connectivity index (χ0n) is 11.4. The smallest absolute Gasteiger partial charge is 0.0445 e. The molecule has 18 heavy (non-hydrogen) atoms. The van der Waals surface area contributed by atoms with Crippen LogP contribution < -0.4 is 5.32 Å². The number of nitrogens with one attached hydrogen (secondary N) is 1. The van der Waals surface area contributed by atoms with Gasteiger partial charge in [0.05, 0.1) is 0 Å². The highest BCUT2D eigenvalue weighted by Crippen LogP contribution is 2.43. The first-order chi connectivity index (χ1) is 8.84. The van der Waals surface area contributed by atoms with Gasteiger partial charge in [0.25, 0.3) is 0 Å². The molecule has 1 aromatic heterocycles. The zero-order valence-corrected chi connectivity index (χ0v) is 12.2. The molecule has 0 spiro atoms. The molecular formula is C16H25NS. The maximum Gasteiger partial charge on any atom is 0.0445 e. The van der Waals surface area contributed by atoms with Gasteiger partial charge in [0.2, 0.25) is 0 Å². The van der Waals surface area contributed by atoms with Crippen molar-refractivity contribution in [2.24, 2.45) is 11.8 Å². The van der Waals surface area contributed by atoms with Crippen LogP contribution in [-0.2, 0) is 0 Å². The molecule has 1 nitrogen and oxygen atoms in total. The van der Waals surface area contributed by atoms with Crippen LogP contribution in [0.4, 0.5) is 0 Å². The van der Waals surface area contributed by atoms with Crippen molar-refractivity contribution < 1.29 is 0 Å². The minimum atomic E-state index is 0.649. The van der Waals surface area contributed by atoms with Gasteiger partial charge in [0.15, 0.2) is 0 Å². The molecule has 2 saturated carbocycles. The lowest BCUT2D eigenvalue weighted by atomic mass is 9.95. The van der Waals surface area contributed by atoms with E-state index in [-0.39, 0.29) is 0 Å². The van der Waals surface area contributed by atoms with Crippen molar-refractivity contribution in [2.75, 3.05) is 0 Å². The fourth-order valence-electron chi connectivity index (χ4n) is 3.32. The Bertz CT molecular complexity index is 355. The van der Waals surface area contributed by atoms with Crippen LogP contribution in [0.5, 0.6) is 0 Å². The van der Waals surface area contributed by atoms with E-state index in [1.807, 2.05) is 11.3 Å². The third-order valence-electron chi connectivity index (χ3n) is 4.70. The van der Waals surface area contributed by atoms with E-state index < -0.39 is 0 Å². The first-order valence-corrected chi connectivity index (χ1v) is 8.52. The molecule has 100 valence electrons. The van der Waals surface area contributed by atoms with Crippen LogP contribution in [0.1, 0.15) is 62.8 Å². The summed E-state index contributed by atoms with van der Waals surface area (Å²) in [6.07, 6.45) is 9.95. The Labute approximate surface area is 115 Å². The Morgan fingerprint density at radius 3 is 2.72 bits per heavy atom. The summed E-state index contributed by atoms with van der Waals surface area (Å²) in [5.41, 5.74) is 0. The molecule has 3 rings (SSSR count). The summed E-state index contributed by atoms with van der Waals surface area (Å²) in [5.74, 6) is 1.77. The molecule has 2 aliphatic rings. The first-order valence-electron chi connectivity index (χ1n) is 7.64. The summed E-state index contributed by atoms with van der Waals surface area (Å²) in [4.78, 5) is 1.56. The minimum absolute atomic E-state index is 0.649. The van der Waals surface area contributed by atoms with E-state index in [9.17, 15) is 0 Å². The van der Waals surface area contributed by atoms with Gasteiger partial charge in [-0.2, -0.15) is 0 Å². The predicted molar refractivity (Wildman–Crippen MR) is 79.0 cm³/mol. The van der Waals surface area contributed by atoms with Gasteiger partial charge in [-0.15, -0.1) is 11.3 Å². The molecule has 2 aliphatic carbocycles. The second kappa shape index (κ2) is 5.75. The summed E-state index contributed by atoms with van der Waals surface area (Å²) in [6.45, 7) is 2.45. The summed E-state index contributed by atoms with van der Waals surface area (Å²) in [6, 6.07) is 5.92. The number of hydrogen-bond donors (Lipinski definition) is 1. The minimum Gasteiger partial charge on any atom is -0.306 e. The highest BCUT2D eigenvalue weighted by Gasteiger charge is 2.35. The number of hydrogen-bond acceptors (Lipinski definition) is 2. The molecule has 2 fully saturated rings. The van der Waals surface area contributed by atoms with Crippen molar-refractivity contribution in [1.82, 2.24) is 5.32 Å². The highest BCUT2D eigenvalue weighted by molar-refractivity contribution is 7.10. The quantitative estimate of drug-likeness (QED) is 0.772. The SMILES string of the molecule is CC1CCCCCC1NC(c1cccs1)C1CC1. The first kappa shape index (κ1) is 12.7. The van der Waals surface area contributed by atoms with Crippen LogP contribution in [0.25, 0.3) is 0 Å². The van der Waals surface area contributed by atoms with Gasteiger partial charge in [-0.05, 0) is 49.0 Å². The summed E-state index contributed by atoms with van der Waals surface area (Å²) < 4.78 is 0. The van der Waals surface area contributed by atoms with Gasteiger partial charge in [0, 0.05) is 17.0 Å². The molecule has 3 unspecified atom stereocenters. The molecule has 0 bridgehead atoms. The van der Waals surface area contributed by atoms with Crippen LogP contribution in [0.2, 0.25) is 0 Å². The number of rotatable bonds is 4. The average molecular weight is 263 g/mol. The summed E-state index contributed by atoms with van der Waals surface area (Å²) >= 11 is 1.93. The second-order valence-corrected chi connectivity index (χ2v) is 7.20. The molecule has 3 atom stereocenters. The van der Waals surface area contributed by atoms with Crippen LogP contribution >= 0.6 is 11.3 Å². The maximum atomic E-state index is 4.02. The van der Waals surface area contributed by atoms with Crippen molar-refractivity contribution in [3.05, 3.63) is 22.4 Å². The van der Waals surface area contributed by atoms with E-state index in [0.29, 0.717) is 6.04 Å². The molecule has 2 heteroatoms. The Kier molecular flexibility index (Phi) is 4.05. The zero-order chi connectivity index (χ0) is 12.4. The number of thiophene rings is 1. The molecule has 1 N–H and O–H groups in total. The van der Waals surface area contributed by atoms with Crippen molar-refractivity contribution in [3.63, 3.8) is 0 Å². The Morgan fingerprint density at radius 2 is 2.00 bits per heavy atom. The van der Waals surface area contributed by atoms with Crippen LogP contribution in [0, 0.1) is 11.8 Å². The van der Waals surface area contributed by atoms with Gasteiger partial charge in [0.1, 0.15) is 0 Å². The van der Waals surface area contributed by atoms with E-state index in [1.54, 1.807) is 4.88 Å². The lowest BCUT2D eigenvalue weighted by Crippen LogP contribution is -2.37. The van der Waals surface area contributed by atoms with E-state index in [1.165, 1.54) is 44.9 Å². The standard InChI is InChI=1S/C16H25NS/c1-12-6-3-2-4-7-14(12)17-16(13-9-10-13)15-8-5-11-18-15/h5,8,11-14,16-17H,2-4,6-7,9-10H2,1H3. The largest absolute Gasteiger partial charge is 0.306 e. The van der Waals surface area contributed by atoms with Crippen molar-refractivity contribution in [1.29, 1.82) is 0 Å². The average Bonchev–Trinajstić information content (AvgIpc) is 3.10. The Hall–Kier alpha value is -0.340.